The molecule has 28 heavy (non-hydrogen) atoms. The van der Waals surface area contributed by atoms with Gasteiger partial charge in [0.25, 0.3) is 0 Å². The Hall–Kier alpha value is -3.42. The van der Waals surface area contributed by atoms with Crippen molar-refractivity contribution in [1.29, 1.82) is 0 Å². The third-order valence-corrected chi connectivity index (χ3v) is 4.96. The Morgan fingerprint density at radius 3 is 2.50 bits per heavy atom. The molecule has 0 saturated carbocycles. The molecule has 1 aliphatic heterocycles. The number of rotatable bonds is 3. The second kappa shape index (κ2) is 7.67. The first-order chi connectivity index (χ1) is 13.6. The quantitative estimate of drug-likeness (QED) is 0.754. The summed E-state index contributed by atoms with van der Waals surface area (Å²) < 4.78 is 5.16. The van der Waals surface area contributed by atoms with Crippen molar-refractivity contribution in [3.05, 3.63) is 54.0 Å². The lowest BCUT2D eigenvalue weighted by molar-refractivity contribution is 0.207. The fourth-order valence-electron chi connectivity index (χ4n) is 3.10. The fourth-order valence-corrected chi connectivity index (χ4v) is 3.10. The molecule has 144 valence electrons. The predicted octanol–water partition coefficient (Wildman–Crippen LogP) is 3.10. The topological polar surface area (TPSA) is 87.4 Å². The number of hydrogen-bond acceptors (Lipinski definition) is 6. The fraction of sp³-hybridized carbons (Fsp3) is 0.300. The number of hydrogen-bond donors (Lipinski definition) is 1. The lowest BCUT2D eigenvalue weighted by atomic mass is 10.2. The van der Waals surface area contributed by atoms with Gasteiger partial charge >= 0.3 is 6.03 Å². The van der Waals surface area contributed by atoms with Gasteiger partial charge in [-0.3, -0.25) is 10.3 Å². The Morgan fingerprint density at radius 2 is 1.82 bits per heavy atom. The largest absolute Gasteiger partial charge is 0.352 e. The van der Waals surface area contributed by atoms with Gasteiger partial charge in [0.15, 0.2) is 0 Å². The molecule has 0 bridgehead atoms. The van der Waals surface area contributed by atoms with Crippen molar-refractivity contribution in [2.75, 3.05) is 36.4 Å². The molecule has 1 aliphatic rings. The standard InChI is InChI=1S/C20H22N6O2/c1-14-15(2)24-28-19(14)23-20(27)26-10-8-25(9-11-26)18-13-21-12-17(22-18)16-6-4-3-5-7-16/h3-7,12-13H,8-11H2,1-2H3,(H,23,27). The number of carbonyl (C=O) groups excluding carboxylic acids is 1. The SMILES string of the molecule is Cc1noc(NC(=O)N2CCN(c3cncc(-c4ccccc4)n3)CC2)c1C. The highest BCUT2D eigenvalue weighted by atomic mass is 16.5. The molecular weight excluding hydrogens is 356 g/mol. The van der Waals surface area contributed by atoms with Crippen LogP contribution in [0.4, 0.5) is 16.5 Å². The number of urea groups is 1. The third-order valence-electron chi connectivity index (χ3n) is 4.96. The van der Waals surface area contributed by atoms with Crippen LogP contribution < -0.4 is 10.2 Å². The van der Waals surface area contributed by atoms with Crippen LogP contribution in [0.25, 0.3) is 11.3 Å². The normalized spacial score (nSPS) is 14.2. The smallest absolute Gasteiger partial charge is 0.324 e. The molecule has 1 aromatic carbocycles. The Bertz CT molecular complexity index is 964. The van der Waals surface area contributed by atoms with Gasteiger partial charge in [-0.1, -0.05) is 35.5 Å². The van der Waals surface area contributed by atoms with Crippen LogP contribution in [0.1, 0.15) is 11.3 Å². The Labute approximate surface area is 163 Å². The molecule has 0 radical (unpaired) electrons. The van der Waals surface area contributed by atoms with Gasteiger partial charge in [0.05, 0.1) is 23.8 Å². The number of anilines is 2. The molecule has 0 unspecified atom stereocenters. The summed E-state index contributed by atoms with van der Waals surface area (Å²) in [5.74, 6) is 1.23. The van der Waals surface area contributed by atoms with E-state index < -0.39 is 0 Å². The van der Waals surface area contributed by atoms with E-state index in [2.05, 4.69) is 20.4 Å². The molecule has 0 spiro atoms. The van der Waals surface area contributed by atoms with E-state index in [0.717, 1.165) is 28.3 Å². The van der Waals surface area contributed by atoms with E-state index in [1.165, 1.54) is 0 Å². The summed E-state index contributed by atoms with van der Waals surface area (Å²) in [7, 11) is 0. The molecule has 0 atom stereocenters. The van der Waals surface area contributed by atoms with Crippen LogP contribution in [0.15, 0.2) is 47.2 Å². The first kappa shape index (κ1) is 18.0. The highest BCUT2D eigenvalue weighted by molar-refractivity contribution is 5.88. The predicted molar refractivity (Wildman–Crippen MR) is 106 cm³/mol. The molecule has 1 fully saturated rings. The van der Waals surface area contributed by atoms with E-state index in [1.54, 1.807) is 17.3 Å². The van der Waals surface area contributed by atoms with Gasteiger partial charge in [0.2, 0.25) is 5.88 Å². The summed E-state index contributed by atoms with van der Waals surface area (Å²) >= 11 is 0. The van der Waals surface area contributed by atoms with Crippen molar-refractivity contribution in [3.8, 4) is 11.3 Å². The highest BCUT2D eigenvalue weighted by Crippen LogP contribution is 2.21. The van der Waals surface area contributed by atoms with E-state index in [0.29, 0.717) is 32.1 Å². The van der Waals surface area contributed by atoms with Crippen LogP contribution in [0.5, 0.6) is 0 Å². The Balaban J connectivity index is 1.39. The number of carbonyl (C=O) groups is 1. The van der Waals surface area contributed by atoms with Crippen LogP contribution in [-0.2, 0) is 0 Å². The number of piperazine rings is 1. The Morgan fingerprint density at radius 1 is 1.07 bits per heavy atom. The van der Waals surface area contributed by atoms with E-state index in [9.17, 15) is 4.79 Å². The van der Waals surface area contributed by atoms with Crippen LogP contribution in [0.2, 0.25) is 0 Å². The maximum Gasteiger partial charge on any atom is 0.324 e. The second-order valence-electron chi connectivity index (χ2n) is 6.75. The van der Waals surface area contributed by atoms with E-state index >= 15 is 0 Å². The minimum Gasteiger partial charge on any atom is -0.352 e. The lowest BCUT2D eigenvalue weighted by Gasteiger charge is -2.35. The van der Waals surface area contributed by atoms with Crippen molar-refractivity contribution in [2.24, 2.45) is 0 Å². The average molecular weight is 378 g/mol. The molecule has 1 saturated heterocycles. The van der Waals surface area contributed by atoms with E-state index in [1.807, 2.05) is 44.2 Å². The lowest BCUT2D eigenvalue weighted by Crippen LogP contribution is -2.50. The van der Waals surface area contributed by atoms with Crippen LogP contribution in [0.3, 0.4) is 0 Å². The minimum absolute atomic E-state index is 0.178. The molecule has 3 heterocycles. The minimum atomic E-state index is -0.178. The number of nitrogens with one attached hydrogen (secondary N) is 1. The van der Waals surface area contributed by atoms with E-state index in [-0.39, 0.29) is 6.03 Å². The maximum absolute atomic E-state index is 12.5. The number of aromatic nitrogens is 3. The summed E-state index contributed by atoms with van der Waals surface area (Å²) in [5, 5.41) is 6.66. The highest BCUT2D eigenvalue weighted by Gasteiger charge is 2.24. The summed E-state index contributed by atoms with van der Waals surface area (Å²) in [5.41, 5.74) is 3.50. The molecule has 2 amide bonds. The van der Waals surface area contributed by atoms with Gasteiger partial charge in [-0.15, -0.1) is 0 Å². The summed E-state index contributed by atoms with van der Waals surface area (Å²) in [6.07, 6.45) is 3.53. The van der Waals surface area contributed by atoms with E-state index in [4.69, 9.17) is 9.51 Å². The molecular formula is C20H22N6O2. The molecule has 3 aromatic rings. The van der Waals surface area contributed by atoms with Gasteiger partial charge in [-0.25, -0.2) is 9.78 Å². The molecule has 0 aliphatic carbocycles. The number of amides is 2. The van der Waals surface area contributed by atoms with Crippen LogP contribution >= 0.6 is 0 Å². The van der Waals surface area contributed by atoms with Crippen molar-refractivity contribution < 1.29 is 9.32 Å². The number of aryl methyl sites for hydroxylation is 1. The van der Waals surface area contributed by atoms with Gasteiger partial charge in [-0.05, 0) is 13.8 Å². The molecule has 1 N–H and O–H groups in total. The number of nitrogens with zero attached hydrogens (tertiary/aromatic N) is 5. The monoisotopic (exact) mass is 378 g/mol. The maximum atomic E-state index is 12.5. The third kappa shape index (κ3) is 3.66. The van der Waals surface area contributed by atoms with Gasteiger partial charge in [-0.2, -0.15) is 0 Å². The molecule has 2 aromatic heterocycles. The molecule has 4 rings (SSSR count). The van der Waals surface area contributed by atoms with Crippen molar-refractivity contribution in [1.82, 2.24) is 20.0 Å². The zero-order chi connectivity index (χ0) is 19.5. The molecule has 8 nitrogen and oxygen atoms in total. The van der Waals surface area contributed by atoms with Gasteiger partial charge in [0, 0.05) is 37.3 Å². The van der Waals surface area contributed by atoms with Gasteiger partial charge in [0.1, 0.15) is 5.82 Å². The van der Waals surface area contributed by atoms with Crippen molar-refractivity contribution in [2.45, 2.75) is 13.8 Å². The van der Waals surface area contributed by atoms with Crippen LogP contribution in [0, 0.1) is 13.8 Å². The van der Waals surface area contributed by atoms with Crippen molar-refractivity contribution in [3.63, 3.8) is 0 Å². The van der Waals surface area contributed by atoms with Crippen LogP contribution in [-0.4, -0.2) is 52.2 Å². The molecule has 8 heteroatoms. The second-order valence-corrected chi connectivity index (χ2v) is 6.75. The summed E-state index contributed by atoms with van der Waals surface area (Å²) in [6, 6.07) is 9.81. The van der Waals surface area contributed by atoms with Gasteiger partial charge < -0.3 is 14.3 Å². The average Bonchev–Trinajstić information content (AvgIpc) is 3.06. The zero-order valence-electron chi connectivity index (χ0n) is 15.9. The number of benzene rings is 1. The first-order valence-corrected chi connectivity index (χ1v) is 9.23. The first-order valence-electron chi connectivity index (χ1n) is 9.23. The Kier molecular flexibility index (Phi) is 4.92. The van der Waals surface area contributed by atoms with Crippen molar-refractivity contribution >= 4 is 17.7 Å². The zero-order valence-corrected chi connectivity index (χ0v) is 15.9. The summed E-state index contributed by atoms with van der Waals surface area (Å²) in [4.78, 5) is 25.5. The summed E-state index contributed by atoms with van der Waals surface area (Å²) in [6.45, 7) is 6.28.